The number of nitrogens with one attached hydrogen (secondary N) is 1. The first-order valence-corrected chi connectivity index (χ1v) is 4.96. The predicted octanol–water partition coefficient (Wildman–Crippen LogP) is 2.76. The van der Waals surface area contributed by atoms with Crippen molar-refractivity contribution >= 4 is 26.7 Å². The molecule has 0 fully saturated rings. The van der Waals surface area contributed by atoms with Crippen LogP contribution in [0.2, 0.25) is 0 Å². The lowest BCUT2D eigenvalue weighted by Crippen LogP contribution is -2.12. The first-order valence-electron chi connectivity index (χ1n) is 4.17. The molecule has 3 nitrogen and oxygen atoms in total. The Hall–Kier alpha value is -1.37. The largest absolute Gasteiger partial charge is 0.282 e. The van der Waals surface area contributed by atoms with E-state index in [2.05, 4.69) is 21.0 Å². The number of alkyl halides is 2. The zero-order valence-corrected chi connectivity index (χ0v) is 9.19. The van der Waals surface area contributed by atoms with Crippen LogP contribution in [0, 0.1) is 5.82 Å². The number of aromatic nitrogens is 2. The Morgan fingerprint density at radius 3 is 2.69 bits per heavy atom. The maximum absolute atomic E-state index is 13.6. The number of nitrogens with zero attached hydrogens (tertiary/aromatic N) is 1. The van der Waals surface area contributed by atoms with Gasteiger partial charge in [0.15, 0.2) is 0 Å². The second kappa shape index (κ2) is 3.89. The molecule has 0 aliphatic heterocycles. The van der Waals surface area contributed by atoms with E-state index < -0.39 is 28.9 Å². The zero-order valence-electron chi connectivity index (χ0n) is 7.60. The van der Waals surface area contributed by atoms with E-state index in [9.17, 15) is 18.0 Å². The molecule has 0 aliphatic rings. The van der Waals surface area contributed by atoms with Gasteiger partial charge in [0.1, 0.15) is 11.5 Å². The van der Waals surface area contributed by atoms with Crippen LogP contribution in [0.4, 0.5) is 13.2 Å². The minimum absolute atomic E-state index is 0.00861. The SMILES string of the molecule is O=c1[nH]nc(C(F)F)c2c(F)c(Br)ccc12. The molecule has 0 unspecified atom stereocenters. The van der Waals surface area contributed by atoms with Gasteiger partial charge in [0, 0.05) is 0 Å². The Morgan fingerprint density at radius 1 is 1.38 bits per heavy atom. The predicted molar refractivity (Wildman–Crippen MR) is 55.0 cm³/mol. The molecule has 0 amide bonds. The molecule has 0 radical (unpaired) electrons. The van der Waals surface area contributed by atoms with Crippen molar-refractivity contribution in [2.45, 2.75) is 6.43 Å². The molecular weight excluding hydrogens is 289 g/mol. The number of halogens is 4. The fourth-order valence-corrected chi connectivity index (χ4v) is 1.71. The third-order valence-electron chi connectivity index (χ3n) is 2.08. The molecule has 0 atom stereocenters. The molecule has 2 aromatic rings. The van der Waals surface area contributed by atoms with Crippen LogP contribution in [-0.4, -0.2) is 10.2 Å². The monoisotopic (exact) mass is 292 g/mol. The summed E-state index contributed by atoms with van der Waals surface area (Å²) in [6, 6.07) is 2.54. The number of hydrogen-bond acceptors (Lipinski definition) is 2. The van der Waals surface area contributed by atoms with E-state index in [0.29, 0.717) is 0 Å². The average Bonchev–Trinajstić information content (AvgIpc) is 2.23. The molecule has 1 heterocycles. The highest BCUT2D eigenvalue weighted by atomic mass is 79.9. The first kappa shape index (κ1) is 11.1. The Balaban J connectivity index is 3.00. The van der Waals surface area contributed by atoms with Crippen LogP contribution in [0.3, 0.4) is 0 Å². The quantitative estimate of drug-likeness (QED) is 0.878. The fourth-order valence-electron chi connectivity index (χ4n) is 1.38. The third kappa shape index (κ3) is 1.60. The molecule has 0 aliphatic carbocycles. The smallest absolute Gasteiger partial charge is 0.267 e. The van der Waals surface area contributed by atoms with E-state index in [-0.39, 0.29) is 9.86 Å². The fraction of sp³-hybridized carbons (Fsp3) is 0.111. The van der Waals surface area contributed by atoms with E-state index in [4.69, 9.17) is 0 Å². The first-order chi connectivity index (χ1) is 7.52. The maximum Gasteiger partial charge on any atom is 0.282 e. The van der Waals surface area contributed by atoms with Crippen LogP contribution in [0.5, 0.6) is 0 Å². The highest BCUT2D eigenvalue weighted by Gasteiger charge is 2.19. The van der Waals surface area contributed by atoms with Gasteiger partial charge in [-0.3, -0.25) is 4.79 Å². The van der Waals surface area contributed by atoms with Crippen molar-refractivity contribution in [2.75, 3.05) is 0 Å². The molecule has 2 rings (SSSR count). The van der Waals surface area contributed by atoms with E-state index in [1.165, 1.54) is 12.1 Å². The van der Waals surface area contributed by atoms with Crippen molar-refractivity contribution in [3.63, 3.8) is 0 Å². The summed E-state index contributed by atoms with van der Waals surface area (Å²) >= 11 is 2.86. The van der Waals surface area contributed by atoms with E-state index >= 15 is 0 Å². The van der Waals surface area contributed by atoms with Crippen molar-refractivity contribution in [1.29, 1.82) is 0 Å². The van der Waals surface area contributed by atoms with Gasteiger partial charge in [0.25, 0.3) is 12.0 Å². The third-order valence-corrected chi connectivity index (χ3v) is 2.69. The number of aromatic amines is 1. The number of hydrogen-bond donors (Lipinski definition) is 1. The summed E-state index contributed by atoms with van der Waals surface area (Å²) < 4.78 is 38.8. The Morgan fingerprint density at radius 2 is 2.06 bits per heavy atom. The van der Waals surface area contributed by atoms with Gasteiger partial charge in [0.05, 0.1) is 15.2 Å². The number of benzene rings is 1. The minimum atomic E-state index is -2.96. The Kier molecular flexibility index (Phi) is 2.71. The lowest BCUT2D eigenvalue weighted by Gasteiger charge is -2.05. The second-order valence-electron chi connectivity index (χ2n) is 3.02. The maximum atomic E-state index is 13.6. The normalized spacial score (nSPS) is 11.3. The molecule has 7 heteroatoms. The second-order valence-corrected chi connectivity index (χ2v) is 3.88. The summed E-state index contributed by atoms with van der Waals surface area (Å²) in [6.07, 6.45) is -2.96. The Bertz CT molecular complexity index is 611. The van der Waals surface area contributed by atoms with Crippen LogP contribution in [-0.2, 0) is 0 Å². The lowest BCUT2D eigenvalue weighted by molar-refractivity contribution is 0.146. The summed E-state index contributed by atoms with van der Waals surface area (Å²) in [7, 11) is 0. The average molecular weight is 293 g/mol. The molecule has 0 saturated heterocycles. The molecule has 0 bridgehead atoms. The highest BCUT2D eigenvalue weighted by molar-refractivity contribution is 9.10. The van der Waals surface area contributed by atoms with Crippen LogP contribution in [0.1, 0.15) is 12.1 Å². The van der Waals surface area contributed by atoms with E-state index in [1.807, 2.05) is 5.10 Å². The van der Waals surface area contributed by atoms with Crippen molar-refractivity contribution in [3.05, 3.63) is 38.5 Å². The van der Waals surface area contributed by atoms with Crippen molar-refractivity contribution in [3.8, 4) is 0 Å². The van der Waals surface area contributed by atoms with Gasteiger partial charge in [-0.1, -0.05) is 0 Å². The molecule has 1 N–H and O–H groups in total. The minimum Gasteiger partial charge on any atom is -0.267 e. The number of H-pyrrole nitrogens is 1. The standard InChI is InChI=1S/C9H4BrF3N2O/c10-4-2-1-3-5(6(4)11)7(8(12)13)14-15-9(3)16/h1-2,8H,(H,15,16). The molecule has 84 valence electrons. The topological polar surface area (TPSA) is 45.8 Å². The molecule has 1 aromatic carbocycles. The molecule has 0 spiro atoms. The van der Waals surface area contributed by atoms with E-state index in [0.717, 1.165) is 0 Å². The number of fused-ring (bicyclic) bond motifs is 1. The lowest BCUT2D eigenvalue weighted by atomic mass is 10.1. The molecule has 0 saturated carbocycles. The van der Waals surface area contributed by atoms with Gasteiger partial charge in [-0.15, -0.1) is 0 Å². The van der Waals surface area contributed by atoms with E-state index in [1.54, 1.807) is 0 Å². The summed E-state index contributed by atoms with van der Waals surface area (Å²) in [4.78, 5) is 11.3. The van der Waals surface area contributed by atoms with Crippen LogP contribution in [0.25, 0.3) is 10.8 Å². The molecule has 16 heavy (non-hydrogen) atoms. The van der Waals surface area contributed by atoms with Crippen LogP contribution in [0.15, 0.2) is 21.4 Å². The molecule has 1 aromatic heterocycles. The Labute approximate surface area is 95.4 Å². The van der Waals surface area contributed by atoms with Crippen molar-refractivity contribution < 1.29 is 13.2 Å². The molecular formula is C9H4BrF3N2O. The van der Waals surface area contributed by atoms with Gasteiger partial charge in [0.2, 0.25) is 0 Å². The zero-order chi connectivity index (χ0) is 11.9. The summed E-state index contributed by atoms with van der Waals surface area (Å²) in [5.74, 6) is -0.911. The van der Waals surface area contributed by atoms with Gasteiger partial charge in [-0.05, 0) is 28.1 Å². The summed E-state index contributed by atoms with van der Waals surface area (Å²) in [5.41, 5.74) is -1.47. The summed E-state index contributed by atoms with van der Waals surface area (Å²) in [6.45, 7) is 0. The van der Waals surface area contributed by atoms with Crippen molar-refractivity contribution in [2.24, 2.45) is 0 Å². The van der Waals surface area contributed by atoms with Gasteiger partial charge in [-0.2, -0.15) is 5.10 Å². The van der Waals surface area contributed by atoms with Crippen LogP contribution >= 0.6 is 15.9 Å². The van der Waals surface area contributed by atoms with Gasteiger partial charge >= 0.3 is 0 Å². The highest BCUT2D eigenvalue weighted by Crippen LogP contribution is 2.29. The van der Waals surface area contributed by atoms with Crippen LogP contribution < -0.4 is 5.56 Å². The van der Waals surface area contributed by atoms with Gasteiger partial charge < -0.3 is 0 Å². The van der Waals surface area contributed by atoms with Crippen molar-refractivity contribution in [1.82, 2.24) is 10.2 Å². The van der Waals surface area contributed by atoms with Gasteiger partial charge in [-0.25, -0.2) is 18.3 Å². The summed E-state index contributed by atoms with van der Waals surface area (Å²) in [5, 5.41) is 4.46. The number of rotatable bonds is 1.